The van der Waals surface area contributed by atoms with Gasteiger partial charge in [-0.25, -0.2) is 4.79 Å². The number of nitrogens with one attached hydrogen (secondary N) is 1. The highest BCUT2D eigenvalue weighted by Gasteiger charge is 2.26. The summed E-state index contributed by atoms with van der Waals surface area (Å²) in [6, 6.07) is 1.62. The van der Waals surface area contributed by atoms with Crippen LogP contribution in [0.2, 0.25) is 0 Å². The SMILES string of the molecule is CCCCOC(=O)c1cc2c(nc1C(C)C)CNC2=O. The summed E-state index contributed by atoms with van der Waals surface area (Å²) in [5.74, 6) is -0.465. The molecule has 1 aliphatic heterocycles. The molecule has 1 amide bonds. The van der Waals surface area contributed by atoms with Gasteiger partial charge in [0, 0.05) is 0 Å². The normalized spacial score (nSPS) is 13.3. The molecule has 2 heterocycles. The molecule has 1 aliphatic rings. The van der Waals surface area contributed by atoms with E-state index in [1.54, 1.807) is 6.07 Å². The number of hydrogen-bond donors (Lipinski definition) is 1. The summed E-state index contributed by atoms with van der Waals surface area (Å²) < 4.78 is 5.24. The molecule has 0 saturated carbocycles. The van der Waals surface area contributed by atoms with Crippen molar-refractivity contribution in [3.63, 3.8) is 0 Å². The smallest absolute Gasteiger partial charge is 0.340 e. The standard InChI is InChI=1S/C15H20N2O3/c1-4-5-6-20-15(19)11-7-10-12(8-16-14(10)18)17-13(11)9(2)3/h7,9H,4-6,8H2,1-3H3,(H,16,18). The highest BCUT2D eigenvalue weighted by molar-refractivity contribution is 6.01. The molecule has 0 saturated heterocycles. The van der Waals surface area contributed by atoms with Crippen LogP contribution in [0.1, 0.15) is 71.6 Å². The van der Waals surface area contributed by atoms with E-state index >= 15 is 0 Å². The maximum atomic E-state index is 12.2. The van der Waals surface area contributed by atoms with E-state index in [1.165, 1.54) is 0 Å². The minimum atomic E-state index is -0.392. The average molecular weight is 276 g/mol. The van der Waals surface area contributed by atoms with Gasteiger partial charge in [0.2, 0.25) is 0 Å². The summed E-state index contributed by atoms with van der Waals surface area (Å²) in [6.07, 6.45) is 1.80. The second-order valence-electron chi connectivity index (χ2n) is 5.24. The summed E-state index contributed by atoms with van der Waals surface area (Å²) in [7, 11) is 0. The molecular weight excluding hydrogens is 256 g/mol. The van der Waals surface area contributed by atoms with Gasteiger partial charge in [0.15, 0.2) is 0 Å². The molecule has 1 aromatic heterocycles. The molecule has 5 nitrogen and oxygen atoms in total. The zero-order chi connectivity index (χ0) is 14.7. The molecule has 20 heavy (non-hydrogen) atoms. The Labute approximate surface area is 118 Å². The second kappa shape index (κ2) is 6.03. The Balaban J connectivity index is 2.32. The van der Waals surface area contributed by atoms with Crippen molar-refractivity contribution in [1.29, 1.82) is 0 Å². The molecule has 2 rings (SSSR count). The van der Waals surface area contributed by atoms with Crippen molar-refractivity contribution in [2.45, 2.75) is 46.1 Å². The van der Waals surface area contributed by atoms with Crippen molar-refractivity contribution in [3.8, 4) is 0 Å². The zero-order valence-corrected chi connectivity index (χ0v) is 12.2. The maximum Gasteiger partial charge on any atom is 0.340 e. The maximum absolute atomic E-state index is 12.2. The first-order chi connectivity index (χ1) is 9.54. The molecule has 1 aromatic rings. The Kier molecular flexibility index (Phi) is 4.37. The number of fused-ring (bicyclic) bond motifs is 1. The summed E-state index contributed by atoms with van der Waals surface area (Å²) in [6.45, 7) is 6.81. The van der Waals surface area contributed by atoms with Gasteiger partial charge in [-0.05, 0) is 18.4 Å². The highest BCUT2D eigenvalue weighted by atomic mass is 16.5. The molecule has 0 fully saturated rings. The van der Waals surface area contributed by atoms with Crippen molar-refractivity contribution in [1.82, 2.24) is 10.3 Å². The van der Waals surface area contributed by atoms with Crippen LogP contribution in [0.15, 0.2) is 6.07 Å². The lowest BCUT2D eigenvalue weighted by Gasteiger charge is -2.13. The highest BCUT2D eigenvalue weighted by Crippen LogP contribution is 2.24. The first kappa shape index (κ1) is 14.5. The molecular formula is C15H20N2O3. The number of pyridine rings is 1. The first-order valence-electron chi connectivity index (χ1n) is 7.03. The molecule has 0 unspecified atom stereocenters. The fraction of sp³-hybridized carbons (Fsp3) is 0.533. The van der Waals surface area contributed by atoms with Gasteiger partial charge >= 0.3 is 5.97 Å². The molecule has 0 aliphatic carbocycles. The van der Waals surface area contributed by atoms with E-state index in [2.05, 4.69) is 10.3 Å². The summed E-state index contributed by atoms with van der Waals surface area (Å²) >= 11 is 0. The third-order valence-electron chi connectivity index (χ3n) is 3.29. The topological polar surface area (TPSA) is 68.3 Å². The minimum Gasteiger partial charge on any atom is -0.462 e. The van der Waals surface area contributed by atoms with Crippen LogP contribution < -0.4 is 5.32 Å². The van der Waals surface area contributed by atoms with E-state index in [0.29, 0.717) is 35.7 Å². The summed E-state index contributed by atoms with van der Waals surface area (Å²) in [5.41, 5.74) is 2.30. The van der Waals surface area contributed by atoms with E-state index in [4.69, 9.17) is 4.74 Å². The Hall–Kier alpha value is -1.91. The minimum absolute atomic E-state index is 0.102. The third kappa shape index (κ3) is 2.81. The van der Waals surface area contributed by atoms with Gasteiger partial charge in [0.05, 0.1) is 35.7 Å². The van der Waals surface area contributed by atoms with Crippen LogP contribution in [0, 0.1) is 0 Å². The lowest BCUT2D eigenvalue weighted by Crippen LogP contribution is -2.15. The third-order valence-corrected chi connectivity index (χ3v) is 3.29. The van der Waals surface area contributed by atoms with Gasteiger partial charge < -0.3 is 10.1 Å². The van der Waals surface area contributed by atoms with E-state index in [-0.39, 0.29) is 11.8 Å². The second-order valence-corrected chi connectivity index (χ2v) is 5.24. The van der Waals surface area contributed by atoms with Gasteiger partial charge in [-0.1, -0.05) is 27.2 Å². The Morgan fingerprint density at radius 2 is 2.25 bits per heavy atom. The molecule has 1 N–H and O–H groups in total. The largest absolute Gasteiger partial charge is 0.462 e. The molecule has 0 radical (unpaired) electrons. The quantitative estimate of drug-likeness (QED) is 0.662. The number of amides is 1. The number of unbranched alkanes of at least 4 members (excludes halogenated alkanes) is 1. The molecule has 108 valence electrons. The van der Waals surface area contributed by atoms with Crippen molar-refractivity contribution in [3.05, 3.63) is 28.6 Å². The van der Waals surface area contributed by atoms with E-state index < -0.39 is 5.97 Å². The summed E-state index contributed by atoms with van der Waals surface area (Å²) in [4.78, 5) is 28.3. The predicted octanol–water partition coefficient (Wildman–Crippen LogP) is 2.41. The van der Waals surface area contributed by atoms with Gasteiger partial charge in [-0.15, -0.1) is 0 Å². The van der Waals surface area contributed by atoms with Crippen molar-refractivity contribution in [2.24, 2.45) is 0 Å². The van der Waals surface area contributed by atoms with Crippen molar-refractivity contribution in [2.75, 3.05) is 6.61 Å². The Bertz CT molecular complexity index is 538. The van der Waals surface area contributed by atoms with Gasteiger partial charge in [0.25, 0.3) is 5.91 Å². The fourth-order valence-electron chi connectivity index (χ4n) is 2.15. The molecule has 0 atom stereocenters. The molecule has 0 aromatic carbocycles. The number of nitrogens with zero attached hydrogens (tertiary/aromatic N) is 1. The van der Waals surface area contributed by atoms with Crippen LogP contribution in [-0.4, -0.2) is 23.5 Å². The van der Waals surface area contributed by atoms with E-state index in [1.807, 2.05) is 20.8 Å². The number of aromatic nitrogens is 1. The van der Waals surface area contributed by atoms with Crippen LogP contribution >= 0.6 is 0 Å². The van der Waals surface area contributed by atoms with Gasteiger partial charge in [0.1, 0.15) is 0 Å². The number of ether oxygens (including phenoxy) is 1. The van der Waals surface area contributed by atoms with Crippen molar-refractivity contribution < 1.29 is 14.3 Å². The van der Waals surface area contributed by atoms with Crippen LogP contribution in [0.4, 0.5) is 0 Å². The monoisotopic (exact) mass is 276 g/mol. The van der Waals surface area contributed by atoms with Crippen molar-refractivity contribution >= 4 is 11.9 Å². The van der Waals surface area contributed by atoms with Gasteiger partial charge in [-0.3, -0.25) is 9.78 Å². The first-order valence-corrected chi connectivity index (χ1v) is 7.03. The lowest BCUT2D eigenvalue weighted by molar-refractivity contribution is 0.0497. The Morgan fingerprint density at radius 3 is 2.90 bits per heavy atom. The summed E-state index contributed by atoms with van der Waals surface area (Å²) in [5, 5.41) is 2.72. The fourth-order valence-corrected chi connectivity index (χ4v) is 2.15. The van der Waals surface area contributed by atoms with E-state index in [9.17, 15) is 9.59 Å². The Morgan fingerprint density at radius 1 is 1.50 bits per heavy atom. The number of esters is 1. The number of carbonyl (C=O) groups is 2. The average Bonchev–Trinajstić information content (AvgIpc) is 2.78. The molecule has 0 bridgehead atoms. The van der Waals surface area contributed by atoms with Crippen LogP contribution in [-0.2, 0) is 11.3 Å². The van der Waals surface area contributed by atoms with Gasteiger partial charge in [-0.2, -0.15) is 0 Å². The zero-order valence-electron chi connectivity index (χ0n) is 12.2. The number of carbonyl (C=O) groups excluding carboxylic acids is 2. The molecule has 5 heteroatoms. The number of hydrogen-bond acceptors (Lipinski definition) is 4. The molecule has 0 spiro atoms. The van der Waals surface area contributed by atoms with Crippen LogP contribution in [0.25, 0.3) is 0 Å². The van der Waals surface area contributed by atoms with Crippen LogP contribution in [0.3, 0.4) is 0 Å². The lowest BCUT2D eigenvalue weighted by atomic mass is 10.0. The van der Waals surface area contributed by atoms with E-state index in [0.717, 1.165) is 12.8 Å². The number of rotatable bonds is 5. The van der Waals surface area contributed by atoms with Crippen LogP contribution in [0.5, 0.6) is 0 Å². The predicted molar refractivity (Wildman–Crippen MR) is 74.7 cm³/mol.